The molecular formula is C51H32. The predicted molar refractivity (Wildman–Crippen MR) is 219 cm³/mol. The standard InChI is InChI=1S/C51H32/c1-3-15-39-33(11-1)30-49(46-19-7-5-17-44(39)46)36-24-26-42-38(28-36)29-37-27-35(23-25-41(37)42)43-21-9-13-32-14-10-22-48(51(32)43)50-31-34-12-2-4-16-40(34)45-18-6-8-20-47(45)50/h1-28,30-31H,29H2. The van der Waals surface area contributed by atoms with Crippen molar-refractivity contribution in [3.8, 4) is 44.5 Å². The molecule has 11 rings (SSSR count). The van der Waals surface area contributed by atoms with Gasteiger partial charge in [-0.05, 0) is 128 Å². The molecule has 0 aliphatic heterocycles. The van der Waals surface area contributed by atoms with Crippen molar-refractivity contribution in [2.24, 2.45) is 0 Å². The Labute approximate surface area is 296 Å². The van der Waals surface area contributed by atoms with Gasteiger partial charge in [0, 0.05) is 0 Å². The molecule has 0 spiro atoms. The Morgan fingerprint density at radius 3 is 1.31 bits per heavy atom. The molecule has 10 aromatic rings. The van der Waals surface area contributed by atoms with E-state index in [1.807, 2.05) is 0 Å². The Hall–Kier alpha value is -6.50. The van der Waals surface area contributed by atoms with Gasteiger partial charge >= 0.3 is 0 Å². The van der Waals surface area contributed by atoms with Gasteiger partial charge in [0.2, 0.25) is 0 Å². The third kappa shape index (κ3) is 4.33. The van der Waals surface area contributed by atoms with Crippen LogP contribution in [-0.4, -0.2) is 0 Å². The molecular weight excluding hydrogens is 613 g/mol. The third-order valence-corrected chi connectivity index (χ3v) is 11.2. The highest BCUT2D eigenvalue weighted by molar-refractivity contribution is 6.18. The molecule has 0 radical (unpaired) electrons. The van der Waals surface area contributed by atoms with Crippen molar-refractivity contribution in [3.63, 3.8) is 0 Å². The van der Waals surface area contributed by atoms with Crippen LogP contribution in [0.3, 0.4) is 0 Å². The summed E-state index contributed by atoms with van der Waals surface area (Å²) in [5.41, 5.74) is 13.2. The second kappa shape index (κ2) is 11.0. The molecule has 0 saturated carbocycles. The van der Waals surface area contributed by atoms with E-state index in [4.69, 9.17) is 0 Å². The summed E-state index contributed by atoms with van der Waals surface area (Å²) >= 11 is 0. The molecule has 0 amide bonds. The average molecular weight is 645 g/mol. The van der Waals surface area contributed by atoms with Crippen LogP contribution in [0.1, 0.15) is 11.1 Å². The molecule has 0 bridgehead atoms. The molecule has 0 N–H and O–H groups in total. The first-order valence-corrected chi connectivity index (χ1v) is 17.9. The van der Waals surface area contributed by atoms with Gasteiger partial charge in [0.1, 0.15) is 0 Å². The monoisotopic (exact) mass is 644 g/mol. The molecule has 51 heavy (non-hydrogen) atoms. The van der Waals surface area contributed by atoms with Gasteiger partial charge in [-0.3, -0.25) is 0 Å². The van der Waals surface area contributed by atoms with E-state index >= 15 is 0 Å². The van der Waals surface area contributed by atoms with Crippen LogP contribution in [0.25, 0.3) is 98.4 Å². The smallest absolute Gasteiger partial charge is 0.00130 e. The lowest BCUT2D eigenvalue weighted by atomic mass is 9.87. The fourth-order valence-electron chi connectivity index (χ4n) is 8.92. The maximum absolute atomic E-state index is 2.45. The zero-order valence-corrected chi connectivity index (χ0v) is 28.0. The van der Waals surface area contributed by atoms with Crippen LogP contribution in [0, 0.1) is 0 Å². The van der Waals surface area contributed by atoms with E-state index < -0.39 is 0 Å². The van der Waals surface area contributed by atoms with Crippen LogP contribution in [0.4, 0.5) is 0 Å². The van der Waals surface area contributed by atoms with E-state index in [0.717, 1.165) is 6.42 Å². The number of hydrogen-bond donors (Lipinski definition) is 0. The number of fused-ring (bicyclic) bond motifs is 10. The summed E-state index contributed by atoms with van der Waals surface area (Å²) in [6.07, 6.45) is 0.935. The first kappa shape index (κ1) is 28.3. The molecule has 236 valence electrons. The molecule has 0 fully saturated rings. The Balaban J connectivity index is 1.04. The lowest BCUT2D eigenvalue weighted by molar-refractivity contribution is 1.26. The molecule has 0 saturated heterocycles. The summed E-state index contributed by atoms with van der Waals surface area (Å²) in [5.74, 6) is 0. The summed E-state index contributed by atoms with van der Waals surface area (Å²) in [4.78, 5) is 0. The van der Waals surface area contributed by atoms with Crippen LogP contribution >= 0.6 is 0 Å². The maximum Gasteiger partial charge on any atom is -0.00130 e. The molecule has 1 aliphatic rings. The van der Waals surface area contributed by atoms with Crippen molar-refractivity contribution in [3.05, 3.63) is 193 Å². The molecule has 0 unspecified atom stereocenters. The van der Waals surface area contributed by atoms with Crippen LogP contribution in [0.15, 0.2) is 182 Å². The topological polar surface area (TPSA) is 0 Å². The minimum Gasteiger partial charge on any atom is -0.0616 e. The van der Waals surface area contributed by atoms with Gasteiger partial charge in [-0.2, -0.15) is 0 Å². The molecule has 0 nitrogen and oxygen atoms in total. The molecule has 10 aromatic carbocycles. The number of benzene rings is 10. The van der Waals surface area contributed by atoms with Gasteiger partial charge in [0.15, 0.2) is 0 Å². The van der Waals surface area contributed by atoms with E-state index in [1.165, 1.54) is 109 Å². The van der Waals surface area contributed by atoms with E-state index in [0.29, 0.717) is 0 Å². The van der Waals surface area contributed by atoms with Crippen LogP contribution < -0.4 is 0 Å². The molecule has 0 heteroatoms. The summed E-state index contributed by atoms with van der Waals surface area (Å²) in [6, 6.07) is 67.8. The highest BCUT2D eigenvalue weighted by Gasteiger charge is 2.22. The predicted octanol–water partition coefficient (Wildman–Crippen LogP) is 14.0. The first-order chi connectivity index (χ1) is 25.3. The normalized spacial score (nSPS) is 12.2. The van der Waals surface area contributed by atoms with Crippen molar-refractivity contribution in [1.29, 1.82) is 0 Å². The van der Waals surface area contributed by atoms with Gasteiger partial charge in [0.25, 0.3) is 0 Å². The second-order valence-corrected chi connectivity index (χ2v) is 14.0. The average Bonchev–Trinajstić information content (AvgIpc) is 3.57. The van der Waals surface area contributed by atoms with Gasteiger partial charge in [-0.15, -0.1) is 0 Å². The highest BCUT2D eigenvalue weighted by atomic mass is 14.3. The zero-order chi connectivity index (χ0) is 33.5. The summed E-state index contributed by atoms with van der Waals surface area (Å²) < 4.78 is 0. The third-order valence-electron chi connectivity index (χ3n) is 11.2. The van der Waals surface area contributed by atoms with Crippen LogP contribution in [-0.2, 0) is 6.42 Å². The Morgan fingerprint density at radius 1 is 0.255 bits per heavy atom. The van der Waals surface area contributed by atoms with Gasteiger partial charge in [-0.25, -0.2) is 0 Å². The zero-order valence-electron chi connectivity index (χ0n) is 28.0. The highest BCUT2D eigenvalue weighted by Crippen LogP contribution is 2.45. The van der Waals surface area contributed by atoms with Gasteiger partial charge < -0.3 is 0 Å². The molecule has 1 aliphatic carbocycles. The first-order valence-electron chi connectivity index (χ1n) is 17.9. The van der Waals surface area contributed by atoms with Gasteiger partial charge in [-0.1, -0.05) is 170 Å². The lowest BCUT2D eigenvalue weighted by Crippen LogP contribution is -1.90. The minimum atomic E-state index is 0.935. The largest absolute Gasteiger partial charge is 0.0616 e. The Bertz CT molecular complexity index is 3050. The minimum absolute atomic E-state index is 0.935. The molecule has 0 atom stereocenters. The quantitative estimate of drug-likeness (QED) is 0.168. The second-order valence-electron chi connectivity index (χ2n) is 14.0. The summed E-state index contributed by atoms with van der Waals surface area (Å²) in [6.45, 7) is 0. The SMILES string of the molecule is c1cc(-c2ccc3c(c2)Cc2cc(-c4cc5ccccc5c5ccccc45)ccc2-3)c2c(-c3cc4ccccc4c4ccccc34)cccc2c1. The van der Waals surface area contributed by atoms with E-state index in [2.05, 4.69) is 182 Å². The summed E-state index contributed by atoms with van der Waals surface area (Å²) in [7, 11) is 0. The van der Waals surface area contributed by atoms with E-state index in [-0.39, 0.29) is 0 Å². The maximum atomic E-state index is 2.45. The van der Waals surface area contributed by atoms with Crippen molar-refractivity contribution in [2.45, 2.75) is 6.42 Å². The number of rotatable bonds is 3. The summed E-state index contributed by atoms with van der Waals surface area (Å²) in [5, 5.41) is 12.9. The Kier molecular flexibility index (Phi) is 6.12. The van der Waals surface area contributed by atoms with Crippen molar-refractivity contribution < 1.29 is 0 Å². The van der Waals surface area contributed by atoms with Crippen molar-refractivity contribution in [1.82, 2.24) is 0 Å². The van der Waals surface area contributed by atoms with Crippen molar-refractivity contribution >= 4 is 53.9 Å². The fraction of sp³-hybridized carbons (Fsp3) is 0.0196. The Morgan fingerprint density at radius 2 is 0.706 bits per heavy atom. The van der Waals surface area contributed by atoms with E-state index in [9.17, 15) is 0 Å². The van der Waals surface area contributed by atoms with Crippen molar-refractivity contribution in [2.75, 3.05) is 0 Å². The van der Waals surface area contributed by atoms with Crippen LogP contribution in [0.2, 0.25) is 0 Å². The fourth-order valence-corrected chi connectivity index (χ4v) is 8.92. The van der Waals surface area contributed by atoms with E-state index in [1.54, 1.807) is 0 Å². The lowest BCUT2D eigenvalue weighted by Gasteiger charge is -2.16. The number of hydrogen-bond acceptors (Lipinski definition) is 0. The molecule has 0 aromatic heterocycles. The van der Waals surface area contributed by atoms with Gasteiger partial charge in [0.05, 0.1) is 0 Å². The van der Waals surface area contributed by atoms with Crippen LogP contribution in [0.5, 0.6) is 0 Å². The molecule has 0 heterocycles.